The van der Waals surface area contributed by atoms with Gasteiger partial charge in [-0.25, -0.2) is 0 Å². The Kier molecular flexibility index (Phi) is 4.74. The number of nitrogens with zero attached hydrogens (tertiary/aromatic N) is 2. The van der Waals surface area contributed by atoms with Crippen molar-refractivity contribution >= 4 is 11.9 Å². The first kappa shape index (κ1) is 14.5. The first-order valence-electron chi connectivity index (χ1n) is 6.85. The highest BCUT2D eigenvalue weighted by atomic mass is 16.4. The maximum Gasteiger partial charge on any atom is 0.323 e. The fourth-order valence-electron chi connectivity index (χ4n) is 2.50. The van der Waals surface area contributed by atoms with Crippen molar-refractivity contribution in [3.63, 3.8) is 0 Å². The van der Waals surface area contributed by atoms with Gasteiger partial charge >= 0.3 is 5.97 Å². The Hall–Kier alpha value is -1.88. The van der Waals surface area contributed by atoms with Gasteiger partial charge in [-0.3, -0.25) is 14.5 Å². The molecule has 0 saturated carbocycles. The minimum atomic E-state index is -1.01. The standard InChI is InChI=1S/C15H20N2O3/c1-16(11-14(18)19)15(20)13-6-4-5-12(9-13)10-17-7-2-3-8-17/h4-6,9H,2-3,7-8,10-11H2,1H3,(H,18,19). The van der Waals surface area contributed by atoms with Gasteiger partial charge in [0.1, 0.15) is 6.54 Å². The molecule has 5 nitrogen and oxygen atoms in total. The fraction of sp³-hybridized carbons (Fsp3) is 0.467. The zero-order chi connectivity index (χ0) is 14.5. The molecule has 1 aliphatic heterocycles. The highest BCUT2D eigenvalue weighted by Gasteiger charge is 2.16. The summed E-state index contributed by atoms with van der Waals surface area (Å²) >= 11 is 0. The summed E-state index contributed by atoms with van der Waals surface area (Å²) in [7, 11) is 1.50. The van der Waals surface area contributed by atoms with E-state index in [0.29, 0.717) is 5.56 Å². The lowest BCUT2D eigenvalue weighted by Gasteiger charge is -2.17. The third-order valence-electron chi connectivity index (χ3n) is 3.50. The van der Waals surface area contributed by atoms with E-state index in [1.807, 2.05) is 18.2 Å². The van der Waals surface area contributed by atoms with Crippen molar-refractivity contribution in [2.75, 3.05) is 26.7 Å². The van der Waals surface area contributed by atoms with Crippen LogP contribution in [0.5, 0.6) is 0 Å². The van der Waals surface area contributed by atoms with E-state index in [9.17, 15) is 9.59 Å². The molecule has 0 aliphatic carbocycles. The first-order valence-corrected chi connectivity index (χ1v) is 6.85. The maximum absolute atomic E-state index is 12.1. The van der Waals surface area contributed by atoms with Crippen LogP contribution in [0.4, 0.5) is 0 Å². The van der Waals surface area contributed by atoms with Gasteiger partial charge in [0.2, 0.25) is 0 Å². The molecule has 0 atom stereocenters. The predicted octanol–water partition coefficient (Wildman–Crippen LogP) is 1.44. The number of carbonyl (C=O) groups is 2. The average Bonchev–Trinajstić information content (AvgIpc) is 2.90. The molecule has 1 fully saturated rings. The molecule has 108 valence electrons. The number of benzene rings is 1. The van der Waals surface area contributed by atoms with Crippen LogP contribution in [0.1, 0.15) is 28.8 Å². The lowest BCUT2D eigenvalue weighted by Crippen LogP contribution is -2.32. The molecule has 1 saturated heterocycles. The summed E-state index contributed by atoms with van der Waals surface area (Å²) in [4.78, 5) is 26.3. The normalized spacial score (nSPS) is 15.2. The molecule has 2 rings (SSSR count). The molecule has 0 unspecified atom stereocenters. The van der Waals surface area contributed by atoms with E-state index in [2.05, 4.69) is 4.90 Å². The van der Waals surface area contributed by atoms with Gasteiger partial charge in [0.15, 0.2) is 0 Å². The van der Waals surface area contributed by atoms with Crippen LogP contribution in [0.2, 0.25) is 0 Å². The molecule has 1 aliphatic rings. The molecule has 20 heavy (non-hydrogen) atoms. The molecule has 5 heteroatoms. The van der Waals surface area contributed by atoms with Crippen LogP contribution >= 0.6 is 0 Å². The van der Waals surface area contributed by atoms with Crippen molar-refractivity contribution in [1.29, 1.82) is 0 Å². The minimum Gasteiger partial charge on any atom is -0.480 e. The second-order valence-corrected chi connectivity index (χ2v) is 5.24. The Balaban J connectivity index is 2.04. The SMILES string of the molecule is CN(CC(=O)O)C(=O)c1cccc(CN2CCCC2)c1. The van der Waals surface area contributed by atoms with Crippen LogP contribution in [0.25, 0.3) is 0 Å². The number of carbonyl (C=O) groups excluding carboxylic acids is 1. The van der Waals surface area contributed by atoms with Crippen LogP contribution in [0, 0.1) is 0 Å². The summed E-state index contributed by atoms with van der Waals surface area (Å²) in [5.74, 6) is -1.26. The zero-order valence-corrected chi connectivity index (χ0v) is 11.7. The topological polar surface area (TPSA) is 60.9 Å². The third kappa shape index (κ3) is 3.81. The van der Waals surface area contributed by atoms with Crippen molar-refractivity contribution in [3.05, 3.63) is 35.4 Å². The largest absolute Gasteiger partial charge is 0.480 e. The number of carboxylic acid groups (broad SMARTS) is 1. The number of likely N-dealkylation sites (tertiary alicyclic amines) is 1. The molecule has 0 radical (unpaired) electrons. The van der Waals surface area contributed by atoms with E-state index in [0.717, 1.165) is 25.2 Å². The van der Waals surface area contributed by atoms with E-state index >= 15 is 0 Å². The predicted molar refractivity (Wildman–Crippen MR) is 75.5 cm³/mol. The maximum atomic E-state index is 12.1. The van der Waals surface area contributed by atoms with Crippen molar-refractivity contribution in [3.8, 4) is 0 Å². The van der Waals surface area contributed by atoms with Crippen molar-refractivity contribution < 1.29 is 14.7 Å². The number of carboxylic acids is 1. The van der Waals surface area contributed by atoms with Crippen LogP contribution in [0.15, 0.2) is 24.3 Å². The van der Waals surface area contributed by atoms with Crippen molar-refractivity contribution in [1.82, 2.24) is 9.80 Å². The second-order valence-electron chi connectivity index (χ2n) is 5.24. The van der Waals surface area contributed by atoms with Crippen molar-refractivity contribution in [2.24, 2.45) is 0 Å². The Morgan fingerprint density at radius 2 is 2.00 bits per heavy atom. The van der Waals surface area contributed by atoms with E-state index in [1.165, 1.54) is 24.8 Å². The van der Waals surface area contributed by atoms with Crippen LogP contribution < -0.4 is 0 Å². The second kappa shape index (κ2) is 6.52. The molecule has 1 aromatic rings. The van der Waals surface area contributed by atoms with Gasteiger partial charge in [0.05, 0.1) is 0 Å². The highest BCUT2D eigenvalue weighted by Crippen LogP contribution is 2.14. The van der Waals surface area contributed by atoms with Crippen molar-refractivity contribution in [2.45, 2.75) is 19.4 Å². The van der Waals surface area contributed by atoms with Gasteiger partial charge in [-0.2, -0.15) is 0 Å². The summed E-state index contributed by atoms with van der Waals surface area (Å²) < 4.78 is 0. The van der Waals surface area contributed by atoms with E-state index in [-0.39, 0.29) is 12.5 Å². The summed E-state index contributed by atoms with van der Waals surface area (Å²) in [6.07, 6.45) is 2.47. The number of hydrogen-bond acceptors (Lipinski definition) is 3. The summed E-state index contributed by atoms with van der Waals surface area (Å²) in [6.45, 7) is 2.78. The Morgan fingerprint density at radius 3 is 2.65 bits per heavy atom. The summed E-state index contributed by atoms with van der Waals surface area (Å²) in [5, 5.41) is 8.72. The van der Waals surface area contributed by atoms with Gasteiger partial charge in [0.25, 0.3) is 5.91 Å². The van der Waals surface area contributed by atoms with Gasteiger partial charge < -0.3 is 10.0 Å². The zero-order valence-electron chi connectivity index (χ0n) is 11.7. The van der Waals surface area contributed by atoms with Crippen LogP contribution in [-0.4, -0.2) is 53.5 Å². The Labute approximate surface area is 118 Å². The third-order valence-corrected chi connectivity index (χ3v) is 3.50. The van der Waals surface area contributed by atoms with Gasteiger partial charge in [-0.1, -0.05) is 12.1 Å². The van der Waals surface area contributed by atoms with Crippen LogP contribution in [-0.2, 0) is 11.3 Å². The smallest absolute Gasteiger partial charge is 0.323 e. The average molecular weight is 276 g/mol. The molecule has 1 heterocycles. The molecule has 0 aromatic heterocycles. The van der Waals surface area contributed by atoms with Crippen LogP contribution in [0.3, 0.4) is 0 Å². The molecule has 1 aromatic carbocycles. The lowest BCUT2D eigenvalue weighted by molar-refractivity contribution is -0.137. The molecule has 0 bridgehead atoms. The number of likely N-dealkylation sites (N-methyl/N-ethyl adjacent to an activating group) is 1. The molecule has 0 spiro atoms. The van der Waals surface area contributed by atoms with E-state index in [4.69, 9.17) is 5.11 Å². The molecular formula is C15H20N2O3. The lowest BCUT2D eigenvalue weighted by atomic mass is 10.1. The number of rotatable bonds is 5. The molecular weight excluding hydrogens is 256 g/mol. The van der Waals surface area contributed by atoms with Gasteiger partial charge in [-0.05, 0) is 43.6 Å². The van der Waals surface area contributed by atoms with Gasteiger partial charge in [0, 0.05) is 19.2 Å². The molecule has 1 amide bonds. The number of hydrogen-bond donors (Lipinski definition) is 1. The fourth-order valence-corrected chi connectivity index (χ4v) is 2.50. The number of aliphatic carboxylic acids is 1. The Bertz CT molecular complexity index is 496. The van der Waals surface area contributed by atoms with E-state index < -0.39 is 5.97 Å². The number of amides is 1. The molecule has 1 N–H and O–H groups in total. The summed E-state index contributed by atoms with van der Waals surface area (Å²) in [5.41, 5.74) is 1.65. The monoisotopic (exact) mass is 276 g/mol. The quantitative estimate of drug-likeness (QED) is 0.884. The van der Waals surface area contributed by atoms with E-state index in [1.54, 1.807) is 6.07 Å². The summed E-state index contributed by atoms with van der Waals surface area (Å²) in [6, 6.07) is 7.45. The Morgan fingerprint density at radius 1 is 1.30 bits per heavy atom. The van der Waals surface area contributed by atoms with Gasteiger partial charge in [-0.15, -0.1) is 0 Å². The first-order chi connectivity index (χ1) is 9.56. The minimum absolute atomic E-state index is 0.254. The highest BCUT2D eigenvalue weighted by molar-refractivity contribution is 5.95.